The minimum Gasteiger partial charge on any atom is -0.479 e. The van der Waals surface area contributed by atoms with Crippen LogP contribution in [-0.2, 0) is 39.9 Å². The molecule has 2 N–H and O–H groups in total. The molecular formula is C21H29NO8. The first kappa shape index (κ1) is 22.6. The molecule has 2 heterocycles. The highest BCUT2D eigenvalue weighted by molar-refractivity contribution is 5.73. The van der Waals surface area contributed by atoms with E-state index in [-0.39, 0.29) is 19.1 Å². The smallest absolute Gasteiger partial charge is 0.332 e. The van der Waals surface area contributed by atoms with Gasteiger partial charge in [0, 0.05) is 6.92 Å². The van der Waals surface area contributed by atoms with Crippen molar-refractivity contribution in [2.45, 2.75) is 76.8 Å². The summed E-state index contributed by atoms with van der Waals surface area (Å²) in [5.74, 6) is -2.34. The maximum absolute atomic E-state index is 11.9. The van der Waals surface area contributed by atoms with Crippen LogP contribution in [0.2, 0.25) is 0 Å². The monoisotopic (exact) mass is 423 g/mol. The topological polar surface area (TPSA) is 113 Å². The van der Waals surface area contributed by atoms with Gasteiger partial charge < -0.3 is 34.1 Å². The summed E-state index contributed by atoms with van der Waals surface area (Å²) in [6.45, 7) is 6.78. The number of carboxylic acids is 1. The molecule has 1 aromatic rings. The Bertz CT molecular complexity index is 740. The first-order valence-electron chi connectivity index (χ1n) is 9.94. The van der Waals surface area contributed by atoms with Gasteiger partial charge in [0.15, 0.2) is 18.2 Å². The standard InChI is InChI=1S/C21H29NO8/c1-12(19(24)25)28-18-16(22-13(2)23)20(26-10-14-8-6-5-7-9-14)29-15-11-27-21(3,4)30-17(15)18/h5-9,12,15-18,20H,10-11H2,1-4H3,(H,22,23)(H,24,25)/t12?,15-,16-,17-,18-,20+/m1/s1. The van der Waals surface area contributed by atoms with Crippen molar-refractivity contribution in [1.29, 1.82) is 0 Å². The number of nitrogens with one attached hydrogen (secondary N) is 1. The zero-order valence-electron chi connectivity index (χ0n) is 17.6. The molecule has 9 nitrogen and oxygen atoms in total. The number of ether oxygens (including phenoxy) is 5. The minimum absolute atomic E-state index is 0.219. The van der Waals surface area contributed by atoms with Gasteiger partial charge in [0.1, 0.15) is 24.4 Å². The summed E-state index contributed by atoms with van der Waals surface area (Å²) >= 11 is 0. The summed E-state index contributed by atoms with van der Waals surface area (Å²) in [6, 6.07) is 8.74. The van der Waals surface area contributed by atoms with Crippen molar-refractivity contribution >= 4 is 11.9 Å². The van der Waals surface area contributed by atoms with Crippen molar-refractivity contribution in [2.75, 3.05) is 6.61 Å². The average Bonchev–Trinajstić information content (AvgIpc) is 2.68. The van der Waals surface area contributed by atoms with Crippen LogP contribution in [0.4, 0.5) is 0 Å². The lowest BCUT2D eigenvalue weighted by molar-refractivity contribution is -0.374. The lowest BCUT2D eigenvalue weighted by Gasteiger charge is -2.51. The molecule has 3 rings (SSSR count). The van der Waals surface area contributed by atoms with Gasteiger partial charge >= 0.3 is 5.97 Å². The maximum atomic E-state index is 11.9. The molecule has 0 bridgehead atoms. The normalized spacial score (nSPS) is 31.4. The van der Waals surface area contributed by atoms with Crippen LogP contribution in [0.15, 0.2) is 30.3 Å². The molecule has 2 fully saturated rings. The summed E-state index contributed by atoms with van der Waals surface area (Å²) < 4.78 is 29.6. The van der Waals surface area contributed by atoms with E-state index in [1.54, 1.807) is 13.8 Å². The fourth-order valence-corrected chi connectivity index (χ4v) is 3.56. The van der Waals surface area contributed by atoms with E-state index in [1.165, 1.54) is 13.8 Å². The van der Waals surface area contributed by atoms with Crippen LogP contribution >= 0.6 is 0 Å². The summed E-state index contributed by atoms with van der Waals surface area (Å²) in [6.07, 6.45) is -4.01. The van der Waals surface area contributed by atoms with E-state index in [0.717, 1.165) is 5.56 Å². The van der Waals surface area contributed by atoms with Crippen molar-refractivity contribution < 1.29 is 38.4 Å². The number of carbonyl (C=O) groups excluding carboxylic acids is 1. The van der Waals surface area contributed by atoms with Gasteiger partial charge in [-0.3, -0.25) is 4.79 Å². The molecule has 30 heavy (non-hydrogen) atoms. The average molecular weight is 423 g/mol. The van der Waals surface area contributed by atoms with Crippen molar-refractivity contribution in [3.05, 3.63) is 35.9 Å². The number of amides is 1. The highest BCUT2D eigenvalue weighted by Crippen LogP contribution is 2.35. The SMILES string of the molecule is CC(=O)N[C@H]1[C@@H](OCc2ccccc2)O[C@@H]2COC(C)(C)O[C@H]2[C@@H]1OC(C)C(=O)O. The Morgan fingerprint density at radius 3 is 2.63 bits per heavy atom. The van der Waals surface area contributed by atoms with Gasteiger partial charge in [-0.1, -0.05) is 30.3 Å². The zero-order valence-corrected chi connectivity index (χ0v) is 17.6. The van der Waals surface area contributed by atoms with Crippen molar-refractivity contribution in [1.82, 2.24) is 5.32 Å². The number of hydrogen-bond donors (Lipinski definition) is 2. The molecule has 6 atom stereocenters. The Labute approximate surface area is 175 Å². The lowest BCUT2D eigenvalue weighted by Crippen LogP contribution is -2.69. The van der Waals surface area contributed by atoms with Gasteiger partial charge in [-0.2, -0.15) is 0 Å². The van der Waals surface area contributed by atoms with Crippen molar-refractivity contribution in [3.63, 3.8) is 0 Å². The number of carboxylic acid groups (broad SMARTS) is 1. The zero-order chi connectivity index (χ0) is 21.9. The molecule has 1 amide bonds. The number of rotatable bonds is 7. The van der Waals surface area contributed by atoms with E-state index in [0.29, 0.717) is 0 Å². The van der Waals surface area contributed by atoms with E-state index < -0.39 is 48.5 Å². The molecule has 1 aromatic carbocycles. The van der Waals surface area contributed by atoms with E-state index in [4.69, 9.17) is 23.7 Å². The number of fused-ring (bicyclic) bond motifs is 1. The third-order valence-corrected chi connectivity index (χ3v) is 5.00. The first-order chi connectivity index (χ1) is 14.2. The predicted octanol–water partition coefficient (Wildman–Crippen LogP) is 1.44. The van der Waals surface area contributed by atoms with Crippen molar-refractivity contribution in [2.24, 2.45) is 0 Å². The molecule has 166 valence electrons. The van der Waals surface area contributed by atoms with E-state index in [1.807, 2.05) is 30.3 Å². The van der Waals surface area contributed by atoms with Gasteiger partial charge in [0.05, 0.1) is 13.2 Å². The van der Waals surface area contributed by atoms with Gasteiger partial charge in [0.2, 0.25) is 5.91 Å². The molecule has 0 aromatic heterocycles. The third-order valence-electron chi connectivity index (χ3n) is 5.00. The summed E-state index contributed by atoms with van der Waals surface area (Å²) in [5.41, 5.74) is 0.929. The molecule has 0 radical (unpaired) electrons. The Balaban J connectivity index is 1.86. The molecule has 1 unspecified atom stereocenters. The van der Waals surface area contributed by atoms with Gasteiger partial charge in [-0.15, -0.1) is 0 Å². The largest absolute Gasteiger partial charge is 0.479 e. The quantitative estimate of drug-likeness (QED) is 0.678. The van der Waals surface area contributed by atoms with E-state index >= 15 is 0 Å². The summed E-state index contributed by atoms with van der Waals surface area (Å²) in [4.78, 5) is 23.4. The Morgan fingerprint density at radius 2 is 2.00 bits per heavy atom. The van der Waals surface area contributed by atoms with Crippen LogP contribution in [0, 0.1) is 0 Å². The molecule has 9 heteroatoms. The second-order valence-electron chi connectivity index (χ2n) is 7.94. The maximum Gasteiger partial charge on any atom is 0.332 e. The second-order valence-corrected chi connectivity index (χ2v) is 7.94. The van der Waals surface area contributed by atoms with Crippen LogP contribution in [-0.4, -0.2) is 66.1 Å². The molecular weight excluding hydrogens is 394 g/mol. The van der Waals surface area contributed by atoms with Gasteiger partial charge in [-0.05, 0) is 26.3 Å². The fraction of sp³-hybridized carbons (Fsp3) is 0.619. The first-order valence-corrected chi connectivity index (χ1v) is 9.94. The number of benzene rings is 1. The Morgan fingerprint density at radius 1 is 1.30 bits per heavy atom. The summed E-state index contributed by atoms with van der Waals surface area (Å²) in [5, 5.41) is 12.2. The molecule has 0 saturated carbocycles. The molecule has 0 spiro atoms. The van der Waals surface area contributed by atoms with E-state index in [2.05, 4.69) is 5.32 Å². The molecule has 2 aliphatic rings. The van der Waals surface area contributed by atoms with Crippen LogP contribution in [0.5, 0.6) is 0 Å². The Kier molecular flexibility index (Phi) is 7.10. The van der Waals surface area contributed by atoms with Crippen LogP contribution in [0.1, 0.15) is 33.3 Å². The van der Waals surface area contributed by atoms with Crippen molar-refractivity contribution in [3.8, 4) is 0 Å². The minimum atomic E-state index is -1.12. The van der Waals surface area contributed by atoms with Gasteiger partial charge in [0.25, 0.3) is 0 Å². The third kappa shape index (κ3) is 5.55. The highest BCUT2D eigenvalue weighted by atomic mass is 16.8. The van der Waals surface area contributed by atoms with Crippen LogP contribution < -0.4 is 5.32 Å². The predicted molar refractivity (Wildman–Crippen MR) is 104 cm³/mol. The van der Waals surface area contributed by atoms with Gasteiger partial charge in [-0.25, -0.2) is 4.79 Å². The molecule has 0 aliphatic carbocycles. The van der Waals surface area contributed by atoms with Crippen LogP contribution in [0.3, 0.4) is 0 Å². The second kappa shape index (κ2) is 9.40. The summed E-state index contributed by atoms with van der Waals surface area (Å²) in [7, 11) is 0. The number of aliphatic carboxylic acids is 1. The fourth-order valence-electron chi connectivity index (χ4n) is 3.56. The number of carbonyl (C=O) groups is 2. The van der Waals surface area contributed by atoms with E-state index in [9.17, 15) is 14.7 Å². The lowest BCUT2D eigenvalue weighted by atomic mass is 9.94. The molecule has 2 saturated heterocycles. The highest BCUT2D eigenvalue weighted by Gasteiger charge is 2.53. The van der Waals surface area contributed by atoms with Crippen LogP contribution in [0.25, 0.3) is 0 Å². The Hall–Kier alpha value is -2.04. The molecule has 2 aliphatic heterocycles. The number of hydrogen-bond acceptors (Lipinski definition) is 7.